The van der Waals surface area contributed by atoms with E-state index in [4.69, 9.17) is 4.74 Å². The quantitative estimate of drug-likeness (QED) is 0.486. The molecule has 178 valence electrons. The largest absolute Gasteiger partial charge is 0.497 e. The summed E-state index contributed by atoms with van der Waals surface area (Å²) >= 11 is 0. The lowest BCUT2D eigenvalue weighted by molar-refractivity contribution is -0.121. The van der Waals surface area contributed by atoms with E-state index in [1.807, 2.05) is 24.3 Å². The topological polar surface area (TPSA) is 105 Å². The van der Waals surface area contributed by atoms with Gasteiger partial charge in [-0.3, -0.25) is 14.5 Å². The van der Waals surface area contributed by atoms with Gasteiger partial charge in [-0.2, -0.15) is 0 Å². The molecule has 9 heteroatoms. The second-order valence-electron chi connectivity index (χ2n) is 8.06. The van der Waals surface area contributed by atoms with Crippen molar-refractivity contribution in [3.63, 3.8) is 0 Å². The van der Waals surface area contributed by atoms with Crippen molar-refractivity contribution in [3.05, 3.63) is 59.7 Å². The highest BCUT2D eigenvalue weighted by Gasteiger charge is 2.24. The molecule has 2 aromatic rings. The molecule has 1 saturated heterocycles. The minimum Gasteiger partial charge on any atom is -0.497 e. The highest BCUT2D eigenvalue weighted by atomic mass is 32.2. The lowest BCUT2D eigenvalue weighted by atomic mass is 10.1. The van der Waals surface area contributed by atoms with Crippen molar-refractivity contribution in [2.45, 2.75) is 37.1 Å². The molecule has 1 aliphatic rings. The number of rotatable bonds is 11. The van der Waals surface area contributed by atoms with Crippen LogP contribution >= 0.6 is 0 Å². The summed E-state index contributed by atoms with van der Waals surface area (Å²) in [6.45, 7) is 3.82. The number of ether oxygens (including phenoxy) is 1. The lowest BCUT2D eigenvalue weighted by Crippen LogP contribution is -2.38. The molecule has 1 aliphatic heterocycles. The molecule has 0 aromatic heterocycles. The molecule has 3 rings (SSSR count). The summed E-state index contributed by atoms with van der Waals surface area (Å²) in [5, 5.41) is 2.95. The van der Waals surface area contributed by atoms with E-state index in [0.29, 0.717) is 12.1 Å². The van der Waals surface area contributed by atoms with Crippen LogP contribution in [0.3, 0.4) is 0 Å². The Balaban J connectivity index is 1.52. The first-order chi connectivity index (χ1) is 15.8. The van der Waals surface area contributed by atoms with Crippen LogP contribution < -0.4 is 14.8 Å². The predicted molar refractivity (Wildman–Crippen MR) is 126 cm³/mol. The van der Waals surface area contributed by atoms with Crippen molar-refractivity contribution in [1.82, 2.24) is 14.9 Å². The molecular formula is C24H31N3O5S. The Morgan fingerprint density at radius 2 is 1.67 bits per heavy atom. The highest BCUT2D eigenvalue weighted by molar-refractivity contribution is 7.89. The van der Waals surface area contributed by atoms with Crippen LogP contribution in [0.15, 0.2) is 53.4 Å². The number of carbonyl (C=O) groups is 2. The van der Waals surface area contributed by atoms with Gasteiger partial charge < -0.3 is 10.1 Å². The summed E-state index contributed by atoms with van der Waals surface area (Å²) in [6, 6.07) is 13.6. The Hall–Kier alpha value is -2.75. The first kappa shape index (κ1) is 24.9. The molecule has 33 heavy (non-hydrogen) atoms. The van der Waals surface area contributed by atoms with Gasteiger partial charge >= 0.3 is 0 Å². The van der Waals surface area contributed by atoms with E-state index in [0.717, 1.165) is 37.2 Å². The second kappa shape index (κ2) is 11.4. The number of nitrogens with zero attached hydrogens (tertiary/aromatic N) is 1. The van der Waals surface area contributed by atoms with Gasteiger partial charge in [0.1, 0.15) is 5.75 Å². The van der Waals surface area contributed by atoms with E-state index in [9.17, 15) is 18.0 Å². The zero-order valence-electron chi connectivity index (χ0n) is 19.0. The van der Waals surface area contributed by atoms with Gasteiger partial charge in [0.15, 0.2) is 5.78 Å². The van der Waals surface area contributed by atoms with Gasteiger partial charge in [0, 0.05) is 25.1 Å². The number of benzene rings is 2. The summed E-state index contributed by atoms with van der Waals surface area (Å²) in [6.07, 6.45) is 2.30. The molecule has 0 aliphatic carbocycles. The van der Waals surface area contributed by atoms with Crippen LogP contribution in [0.2, 0.25) is 0 Å². The first-order valence-electron chi connectivity index (χ1n) is 11.1. The SMILES string of the molecule is COc1ccc(C(CNC(=O)CCNS(=O)(=O)c2ccc(C(C)=O)cc2)N2CCCC2)cc1. The lowest BCUT2D eigenvalue weighted by Gasteiger charge is -2.28. The number of methoxy groups -OCH3 is 1. The average Bonchev–Trinajstić information content (AvgIpc) is 3.34. The van der Waals surface area contributed by atoms with Crippen LogP contribution in [0, 0.1) is 0 Å². The molecule has 0 spiro atoms. The van der Waals surface area contributed by atoms with Crippen molar-refractivity contribution in [2.24, 2.45) is 0 Å². The zero-order chi connectivity index (χ0) is 23.8. The predicted octanol–water partition coefficient (Wildman–Crippen LogP) is 2.52. The van der Waals surface area contributed by atoms with Crippen LogP contribution in [-0.4, -0.2) is 58.3 Å². The second-order valence-corrected chi connectivity index (χ2v) is 9.83. The number of ketones is 1. The standard InChI is InChI=1S/C24H31N3O5S/c1-18(28)19-7-11-22(12-8-19)33(30,31)26-14-13-24(29)25-17-23(27-15-3-4-16-27)20-5-9-21(32-2)10-6-20/h5-12,23,26H,3-4,13-17H2,1-2H3,(H,25,29). The maximum atomic E-state index is 12.4. The first-order valence-corrected chi connectivity index (χ1v) is 12.5. The number of carbonyl (C=O) groups excluding carboxylic acids is 2. The molecular weight excluding hydrogens is 442 g/mol. The molecule has 2 N–H and O–H groups in total. The van der Waals surface area contributed by atoms with E-state index in [1.165, 1.54) is 31.2 Å². The molecule has 0 bridgehead atoms. The maximum Gasteiger partial charge on any atom is 0.240 e. The van der Waals surface area contributed by atoms with Gasteiger partial charge in [0.2, 0.25) is 15.9 Å². The number of hydrogen-bond acceptors (Lipinski definition) is 6. The third-order valence-electron chi connectivity index (χ3n) is 5.79. The minimum absolute atomic E-state index is 0.0143. The Morgan fingerprint density at radius 1 is 1.03 bits per heavy atom. The molecule has 0 radical (unpaired) electrons. The summed E-state index contributed by atoms with van der Waals surface area (Å²) in [5.74, 6) is 0.430. The van der Waals surface area contributed by atoms with E-state index in [2.05, 4.69) is 14.9 Å². The fraction of sp³-hybridized carbons (Fsp3) is 0.417. The van der Waals surface area contributed by atoms with Crippen LogP contribution in [0.25, 0.3) is 0 Å². The molecule has 1 unspecified atom stereocenters. The number of hydrogen-bond donors (Lipinski definition) is 2. The van der Waals surface area contributed by atoms with Gasteiger partial charge in [0.25, 0.3) is 0 Å². The average molecular weight is 474 g/mol. The fourth-order valence-electron chi connectivity index (χ4n) is 3.89. The van der Waals surface area contributed by atoms with Crippen molar-refractivity contribution < 1.29 is 22.7 Å². The smallest absolute Gasteiger partial charge is 0.240 e. The highest BCUT2D eigenvalue weighted by Crippen LogP contribution is 2.26. The fourth-order valence-corrected chi connectivity index (χ4v) is 4.92. The van der Waals surface area contributed by atoms with E-state index in [-0.39, 0.29) is 35.6 Å². The molecule has 2 aromatic carbocycles. The zero-order valence-corrected chi connectivity index (χ0v) is 19.9. The van der Waals surface area contributed by atoms with Gasteiger partial charge in [0.05, 0.1) is 18.0 Å². The molecule has 8 nitrogen and oxygen atoms in total. The van der Waals surface area contributed by atoms with E-state index in [1.54, 1.807) is 7.11 Å². The van der Waals surface area contributed by atoms with Crippen molar-refractivity contribution in [1.29, 1.82) is 0 Å². The summed E-state index contributed by atoms with van der Waals surface area (Å²) in [7, 11) is -2.13. The third kappa shape index (κ3) is 6.86. The molecule has 1 amide bonds. The Labute approximate surface area is 195 Å². The van der Waals surface area contributed by atoms with Crippen molar-refractivity contribution >= 4 is 21.7 Å². The Morgan fingerprint density at radius 3 is 2.24 bits per heavy atom. The minimum atomic E-state index is -3.75. The number of nitrogens with one attached hydrogen (secondary N) is 2. The van der Waals surface area contributed by atoms with Crippen LogP contribution in [0.4, 0.5) is 0 Å². The van der Waals surface area contributed by atoms with Crippen LogP contribution in [0.5, 0.6) is 5.75 Å². The van der Waals surface area contributed by atoms with Gasteiger partial charge in [-0.25, -0.2) is 13.1 Å². The molecule has 0 saturated carbocycles. The van der Waals surface area contributed by atoms with Gasteiger partial charge in [-0.15, -0.1) is 0 Å². The molecule has 1 fully saturated rings. The molecule has 1 atom stereocenters. The van der Waals surface area contributed by atoms with E-state index >= 15 is 0 Å². The number of likely N-dealkylation sites (tertiary alicyclic amines) is 1. The third-order valence-corrected chi connectivity index (χ3v) is 7.27. The van der Waals surface area contributed by atoms with E-state index < -0.39 is 10.0 Å². The Bertz CT molecular complexity index is 1050. The Kier molecular flexibility index (Phi) is 8.60. The summed E-state index contributed by atoms with van der Waals surface area (Å²) in [5.41, 5.74) is 1.55. The molecule has 1 heterocycles. The normalized spacial score (nSPS) is 15.2. The number of Topliss-reactive ketones (excluding diaryl/α,β-unsaturated/α-hetero) is 1. The van der Waals surface area contributed by atoms with Gasteiger partial charge in [-0.05, 0) is 62.7 Å². The number of amides is 1. The van der Waals surface area contributed by atoms with Crippen molar-refractivity contribution in [2.75, 3.05) is 33.3 Å². The van der Waals surface area contributed by atoms with Crippen molar-refractivity contribution in [3.8, 4) is 5.75 Å². The van der Waals surface area contributed by atoms with Crippen LogP contribution in [-0.2, 0) is 14.8 Å². The van der Waals surface area contributed by atoms with Crippen LogP contribution in [0.1, 0.15) is 48.1 Å². The summed E-state index contributed by atoms with van der Waals surface area (Å²) in [4.78, 5) is 26.2. The monoisotopic (exact) mass is 473 g/mol. The maximum absolute atomic E-state index is 12.4. The summed E-state index contributed by atoms with van der Waals surface area (Å²) < 4.78 is 32.5. The number of sulfonamides is 1. The van der Waals surface area contributed by atoms with Gasteiger partial charge in [-0.1, -0.05) is 24.3 Å².